The second-order valence-corrected chi connectivity index (χ2v) is 6.77. The molecule has 2 atom stereocenters. The quantitative estimate of drug-likeness (QED) is 0.801. The molecule has 0 heterocycles. The molecule has 0 radical (unpaired) electrons. The molecule has 2 rings (SSSR count). The van der Waals surface area contributed by atoms with Crippen molar-refractivity contribution in [3.05, 3.63) is 0 Å². The zero-order valence-corrected chi connectivity index (χ0v) is 11.5. The highest BCUT2D eigenvalue weighted by molar-refractivity contribution is 5.99. The summed E-state index contributed by atoms with van der Waals surface area (Å²) in [6, 6.07) is 0.134. The fourth-order valence-corrected chi connectivity index (χ4v) is 3.76. The Morgan fingerprint density at radius 1 is 1.24 bits per heavy atom. The number of nitrogens with one attached hydrogen (secondary N) is 1. The van der Waals surface area contributed by atoms with Gasteiger partial charge in [-0.15, -0.1) is 0 Å². The van der Waals surface area contributed by atoms with Crippen LogP contribution in [0, 0.1) is 16.2 Å². The average Bonchev–Trinajstić information content (AvgIpc) is 2.47. The van der Waals surface area contributed by atoms with Crippen molar-refractivity contribution in [3.8, 4) is 0 Å². The third-order valence-corrected chi connectivity index (χ3v) is 5.56. The Morgan fingerprint density at radius 2 is 1.82 bits per heavy atom. The molecule has 0 spiro atoms. The van der Waals surface area contributed by atoms with Crippen molar-refractivity contribution in [2.24, 2.45) is 16.2 Å². The molecule has 1 N–H and O–H groups in total. The van der Waals surface area contributed by atoms with Crippen molar-refractivity contribution >= 4 is 11.7 Å². The van der Waals surface area contributed by atoms with Gasteiger partial charge in [0.1, 0.15) is 5.78 Å². The summed E-state index contributed by atoms with van der Waals surface area (Å²) in [4.78, 5) is 24.7. The Hall–Kier alpha value is -0.860. The van der Waals surface area contributed by atoms with Crippen LogP contribution in [0.4, 0.5) is 0 Å². The smallest absolute Gasteiger partial charge is 0.227 e. The van der Waals surface area contributed by atoms with Gasteiger partial charge in [0.25, 0.3) is 0 Å². The minimum atomic E-state index is -0.469. The lowest BCUT2D eigenvalue weighted by Gasteiger charge is -2.39. The summed E-state index contributed by atoms with van der Waals surface area (Å²) in [7, 11) is 0. The maximum atomic E-state index is 12.5. The molecule has 2 fully saturated rings. The number of Topliss-reactive ketones (excluding diaryl/α,β-unsaturated/α-hetero) is 1. The molecule has 3 nitrogen and oxygen atoms in total. The Balaban J connectivity index is 2.40. The summed E-state index contributed by atoms with van der Waals surface area (Å²) in [5.74, 6) is 0.347. The highest BCUT2D eigenvalue weighted by Gasteiger charge is 2.72. The first-order valence-electron chi connectivity index (χ1n) is 6.52. The number of ketones is 1. The van der Waals surface area contributed by atoms with Gasteiger partial charge in [0.2, 0.25) is 5.91 Å². The van der Waals surface area contributed by atoms with Crippen molar-refractivity contribution < 1.29 is 9.59 Å². The van der Waals surface area contributed by atoms with Crippen LogP contribution >= 0.6 is 0 Å². The van der Waals surface area contributed by atoms with Crippen LogP contribution in [0.5, 0.6) is 0 Å². The molecule has 2 aliphatic carbocycles. The molecule has 96 valence electrons. The Labute approximate surface area is 103 Å². The van der Waals surface area contributed by atoms with Gasteiger partial charge in [0, 0.05) is 17.9 Å². The first-order chi connectivity index (χ1) is 7.67. The summed E-state index contributed by atoms with van der Waals surface area (Å²) in [6.07, 6.45) is 2.13. The molecular weight excluding hydrogens is 214 g/mol. The Morgan fingerprint density at radius 3 is 2.18 bits per heavy atom. The number of amides is 1. The van der Waals surface area contributed by atoms with Crippen molar-refractivity contribution in [3.63, 3.8) is 0 Å². The molecule has 3 heteroatoms. The molecule has 1 amide bonds. The predicted octanol–water partition coefficient (Wildman–Crippen LogP) is 2.30. The zero-order valence-electron chi connectivity index (χ0n) is 11.5. The number of rotatable bonds is 2. The number of fused-ring (bicyclic) bond motifs is 2. The highest BCUT2D eigenvalue weighted by Crippen LogP contribution is 2.70. The van der Waals surface area contributed by atoms with Crippen LogP contribution in [0.15, 0.2) is 0 Å². The SMILES string of the molecule is CC(C)NC(=O)C12CCC(C)(C(=O)C1)C2(C)C. The molecule has 2 unspecified atom stereocenters. The molecule has 0 aliphatic heterocycles. The number of carbonyl (C=O) groups excluding carboxylic acids is 2. The number of hydrogen-bond donors (Lipinski definition) is 1. The highest BCUT2D eigenvalue weighted by atomic mass is 16.2. The number of carbonyl (C=O) groups is 2. The van der Waals surface area contributed by atoms with E-state index >= 15 is 0 Å². The summed E-state index contributed by atoms with van der Waals surface area (Å²) < 4.78 is 0. The van der Waals surface area contributed by atoms with E-state index in [1.807, 2.05) is 20.8 Å². The molecule has 17 heavy (non-hydrogen) atoms. The second kappa shape index (κ2) is 3.33. The minimum Gasteiger partial charge on any atom is -0.353 e. The number of hydrogen-bond acceptors (Lipinski definition) is 2. The van der Waals surface area contributed by atoms with Crippen LogP contribution in [-0.4, -0.2) is 17.7 Å². The third kappa shape index (κ3) is 1.28. The van der Waals surface area contributed by atoms with Gasteiger partial charge in [-0.05, 0) is 32.1 Å². The molecule has 2 bridgehead atoms. The molecule has 0 aromatic heterocycles. The van der Waals surface area contributed by atoms with E-state index in [4.69, 9.17) is 0 Å². The van der Waals surface area contributed by atoms with Gasteiger partial charge >= 0.3 is 0 Å². The van der Waals surface area contributed by atoms with E-state index in [-0.39, 0.29) is 28.6 Å². The van der Waals surface area contributed by atoms with E-state index in [9.17, 15) is 9.59 Å². The van der Waals surface area contributed by atoms with E-state index in [0.29, 0.717) is 6.42 Å². The van der Waals surface area contributed by atoms with E-state index in [0.717, 1.165) is 12.8 Å². The van der Waals surface area contributed by atoms with Crippen LogP contribution in [0.1, 0.15) is 53.9 Å². The van der Waals surface area contributed by atoms with Crippen LogP contribution in [0.2, 0.25) is 0 Å². The first-order valence-corrected chi connectivity index (χ1v) is 6.52. The van der Waals surface area contributed by atoms with E-state index in [2.05, 4.69) is 19.2 Å². The molecule has 0 aromatic carbocycles. The van der Waals surface area contributed by atoms with E-state index in [1.165, 1.54) is 0 Å². The van der Waals surface area contributed by atoms with Gasteiger partial charge < -0.3 is 5.32 Å². The fourth-order valence-electron chi connectivity index (χ4n) is 3.76. The van der Waals surface area contributed by atoms with Crippen molar-refractivity contribution in [2.45, 2.75) is 59.9 Å². The van der Waals surface area contributed by atoms with Gasteiger partial charge in [-0.25, -0.2) is 0 Å². The lowest BCUT2D eigenvalue weighted by atomic mass is 9.64. The van der Waals surface area contributed by atoms with Gasteiger partial charge in [-0.1, -0.05) is 20.8 Å². The predicted molar refractivity (Wildman–Crippen MR) is 66.5 cm³/mol. The molecule has 2 aliphatic rings. The van der Waals surface area contributed by atoms with E-state index in [1.54, 1.807) is 0 Å². The topological polar surface area (TPSA) is 46.2 Å². The summed E-state index contributed by atoms with van der Waals surface area (Å²) in [5, 5.41) is 3.01. The van der Waals surface area contributed by atoms with Crippen LogP contribution in [-0.2, 0) is 9.59 Å². The normalized spacial score (nSPS) is 38.8. The first kappa shape index (κ1) is 12.6. The summed E-state index contributed by atoms with van der Waals surface area (Å²) in [6.45, 7) is 10.1. The monoisotopic (exact) mass is 237 g/mol. The van der Waals surface area contributed by atoms with E-state index < -0.39 is 5.41 Å². The average molecular weight is 237 g/mol. The maximum absolute atomic E-state index is 12.5. The maximum Gasteiger partial charge on any atom is 0.227 e. The largest absolute Gasteiger partial charge is 0.353 e. The van der Waals surface area contributed by atoms with Gasteiger partial charge in [-0.2, -0.15) is 0 Å². The lowest BCUT2D eigenvalue weighted by Crippen LogP contribution is -2.48. The molecule has 2 saturated carbocycles. The zero-order chi connectivity index (χ0) is 13.1. The van der Waals surface area contributed by atoms with Crippen molar-refractivity contribution in [1.82, 2.24) is 5.32 Å². The van der Waals surface area contributed by atoms with Crippen LogP contribution in [0.25, 0.3) is 0 Å². The Bertz CT molecular complexity index is 386. The van der Waals surface area contributed by atoms with Gasteiger partial charge in [0.15, 0.2) is 0 Å². The van der Waals surface area contributed by atoms with Gasteiger partial charge in [-0.3, -0.25) is 9.59 Å². The fraction of sp³-hybridized carbons (Fsp3) is 0.857. The van der Waals surface area contributed by atoms with Crippen LogP contribution < -0.4 is 5.32 Å². The lowest BCUT2D eigenvalue weighted by molar-refractivity contribution is -0.137. The van der Waals surface area contributed by atoms with Gasteiger partial charge in [0.05, 0.1) is 5.41 Å². The Kier molecular flexibility index (Phi) is 2.47. The summed E-state index contributed by atoms with van der Waals surface area (Å²) in [5.41, 5.74) is -1.000. The standard InChI is InChI=1S/C14H23NO2/c1-9(2)15-11(17)14-7-6-13(5,10(16)8-14)12(14,3)4/h9H,6-8H2,1-5H3,(H,15,17). The summed E-state index contributed by atoms with van der Waals surface area (Å²) >= 11 is 0. The second-order valence-electron chi connectivity index (χ2n) is 6.77. The van der Waals surface area contributed by atoms with Crippen molar-refractivity contribution in [1.29, 1.82) is 0 Å². The third-order valence-electron chi connectivity index (χ3n) is 5.56. The van der Waals surface area contributed by atoms with Crippen LogP contribution in [0.3, 0.4) is 0 Å². The minimum absolute atomic E-state index is 0.0760. The molecular formula is C14H23NO2. The van der Waals surface area contributed by atoms with Crippen molar-refractivity contribution in [2.75, 3.05) is 0 Å². The molecule has 0 aromatic rings. The molecule has 0 saturated heterocycles.